The molecule has 1 aromatic carbocycles. The quantitative estimate of drug-likeness (QED) is 0.824. The molecule has 1 heterocycles. The molecule has 1 aliphatic heterocycles. The molecule has 0 spiro atoms. The summed E-state index contributed by atoms with van der Waals surface area (Å²) in [6.07, 6.45) is 3.44. The first-order valence-electron chi connectivity index (χ1n) is 6.65. The molecule has 1 fully saturated rings. The highest BCUT2D eigenvalue weighted by molar-refractivity contribution is 5.92. The van der Waals surface area contributed by atoms with Crippen molar-refractivity contribution in [2.45, 2.75) is 32.2 Å². The number of rotatable bonds is 3. The number of nitrogens with zero attached hydrogens (tertiary/aromatic N) is 1. The van der Waals surface area contributed by atoms with Crippen LogP contribution in [0.5, 0.6) is 0 Å². The summed E-state index contributed by atoms with van der Waals surface area (Å²) in [5, 5.41) is 2.58. The fraction of sp³-hybridized carbons (Fsp3) is 0.500. The molecule has 5 heteroatoms. The number of carbonyl (C=O) groups is 1. The van der Waals surface area contributed by atoms with E-state index in [0.29, 0.717) is 18.3 Å². The van der Waals surface area contributed by atoms with Gasteiger partial charge in [-0.1, -0.05) is 6.42 Å². The van der Waals surface area contributed by atoms with E-state index >= 15 is 0 Å². The standard InChI is InChI=1S/C14H20FN3O/c1-10-4-2-3-7-18(10)9-14(19)17-13-8-11(16)5-6-12(13)15/h5-6,8,10H,2-4,7,9,16H2,1H3,(H,17,19). The molecule has 0 bridgehead atoms. The lowest BCUT2D eigenvalue weighted by molar-refractivity contribution is -0.118. The zero-order valence-corrected chi connectivity index (χ0v) is 11.2. The maximum atomic E-state index is 13.5. The van der Waals surface area contributed by atoms with E-state index in [2.05, 4.69) is 17.1 Å². The second-order valence-corrected chi connectivity index (χ2v) is 5.10. The van der Waals surface area contributed by atoms with Crippen LogP contribution in [0.25, 0.3) is 0 Å². The third-order valence-electron chi connectivity index (χ3n) is 3.55. The Hall–Kier alpha value is -1.62. The monoisotopic (exact) mass is 265 g/mol. The van der Waals surface area contributed by atoms with E-state index in [1.807, 2.05) is 0 Å². The van der Waals surface area contributed by atoms with Crippen LogP contribution in [0.15, 0.2) is 18.2 Å². The molecule has 0 aromatic heterocycles. The summed E-state index contributed by atoms with van der Waals surface area (Å²) >= 11 is 0. The normalized spacial score (nSPS) is 20.2. The molecule has 1 aromatic rings. The number of hydrogen-bond donors (Lipinski definition) is 2. The van der Waals surface area contributed by atoms with Crippen LogP contribution in [0.2, 0.25) is 0 Å². The van der Waals surface area contributed by atoms with Crippen molar-refractivity contribution in [1.29, 1.82) is 0 Å². The van der Waals surface area contributed by atoms with Gasteiger partial charge in [-0.25, -0.2) is 4.39 Å². The van der Waals surface area contributed by atoms with Gasteiger partial charge >= 0.3 is 0 Å². The fourth-order valence-electron chi connectivity index (χ4n) is 2.41. The van der Waals surface area contributed by atoms with Gasteiger partial charge in [0.2, 0.25) is 5.91 Å². The van der Waals surface area contributed by atoms with Crippen molar-refractivity contribution in [3.05, 3.63) is 24.0 Å². The molecule has 4 nitrogen and oxygen atoms in total. The minimum atomic E-state index is -0.464. The molecule has 0 aliphatic carbocycles. The third kappa shape index (κ3) is 3.67. The van der Waals surface area contributed by atoms with Gasteiger partial charge in [0.25, 0.3) is 0 Å². The number of nitrogen functional groups attached to an aromatic ring is 1. The van der Waals surface area contributed by atoms with Crippen LogP contribution in [0.3, 0.4) is 0 Å². The number of nitrogens with one attached hydrogen (secondary N) is 1. The molecular formula is C14H20FN3O. The summed E-state index contributed by atoms with van der Waals surface area (Å²) in [5.41, 5.74) is 6.16. The zero-order valence-electron chi connectivity index (χ0n) is 11.2. The largest absolute Gasteiger partial charge is 0.399 e. The molecule has 1 saturated heterocycles. The maximum Gasteiger partial charge on any atom is 0.238 e. The van der Waals surface area contributed by atoms with Crippen LogP contribution in [-0.4, -0.2) is 29.9 Å². The second-order valence-electron chi connectivity index (χ2n) is 5.10. The zero-order chi connectivity index (χ0) is 13.8. The molecule has 3 N–H and O–H groups in total. The maximum absolute atomic E-state index is 13.5. The Morgan fingerprint density at radius 2 is 2.32 bits per heavy atom. The molecule has 0 saturated carbocycles. The number of benzene rings is 1. The van der Waals surface area contributed by atoms with Gasteiger partial charge in [-0.05, 0) is 44.5 Å². The van der Waals surface area contributed by atoms with Crippen molar-refractivity contribution in [1.82, 2.24) is 4.90 Å². The van der Waals surface area contributed by atoms with Gasteiger partial charge < -0.3 is 11.1 Å². The number of piperidine rings is 1. The van der Waals surface area contributed by atoms with E-state index in [-0.39, 0.29) is 11.6 Å². The van der Waals surface area contributed by atoms with E-state index in [1.165, 1.54) is 24.6 Å². The molecule has 104 valence electrons. The van der Waals surface area contributed by atoms with Gasteiger partial charge in [-0.15, -0.1) is 0 Å². The number of carbonyl (C=O) groups excluding carboxylic acids is 1. The van der Waals surface area contributed by atoms with Crippen molar-refractivity contribution in [3.63, 3.8) is 0 Å². The Bertz CT molecular complexity index is 464. The number of halogens is 1. The van der Waals surface area contributed by atoms with Crippen molar-refractivity contribution < 1.29 is 9.18 Å². The first kappa shape index (κ1) is 13.8. The van der Waals surface area contributed by atoms with Gasteiger partial charge in [0.15, 0.2) is 0 Å². The number of likely N-dealkylation sites (tertiary alicyclic amines) is 1. The van der Waals surface area contributed by atoms with Crippen LogP contribution >= 0.6 is 0 Å². The van der Waals surface area contributed by atoms with Crippen LogP contribution in [0.4, 0.5) is 15.8 Å². The van der Waals surface area contributed by atoms with Crippen LogP contribution < -0.4 is 11.1 Å². The number of anilines is 2. The Morgan fingerprint density at radius 1 is 1.53 bits per heavy atom. The SMILES string of the molecule is CC1CCCCN1CC(=O)Nc1cc(N)ccc1F. The van der Waals surface area contributed by atoms with Gasteiger partial charge in [-0.2, -0.15) is 0 Å². The lowest BCUT2D eigenvalue weighted by atomic mass is 10.0. The average molecular weight is 265 g/mol. The summed E-state index contributed by atoms with van der Waals surface area (Å²) in [4.78, 5) is 14.1. The Balaban J connectivity index is 1.95. The lowest BCUT2D eigenvalue weighted by Gasteiger charge is -2.32. The van der Waals surface area contributed by atoms with E-state index < -0.39 is 5.82 Å². The number of amides is 1. The average Bonchev–Trinajstić information content (AvgIpc) is 2.37. The highest BCUT2D eigenvalue weighted by Crippen LogP contribution is 2.19. The van der Waals surface area contributed by atoms with Crippen molar-refractivity contribution >= 4 is 17.3 Å². The third-order valence-corrected chi connectivity index (χ3v) is 3.55. The Labute approximate surface area is 112 Å². The van der Waals surface area contributed by atoms with Gasteiger partial charge in [0, 0.05) is 11.7 Å². The minimum Gasteiger partial charge on any atom is -0.399 e. The van der Waals surface area contributed by atoms with E-state index in [1.54, 1.807) is 0 Å². The molecule has 1 amide bonds. The highest BCUT2D eigenvalue weighted by Gasteiger charge is 2.20. The summed E-state index contributed by atoms with van der Waals surface area (Å²) in [6, 6.07) is 4.57. The number of hydrogen-bond acceptors (Lipinski definition) is 3. The highest BCUT2D eigenvalue weighted by atomic mass is 19.1. The topological polar surface area (TPSA) is 58.4 Å². The van der Waals surface area contributed by atoms with Gasteiger partial charge in [0.05, 0.1) is 12.2 Å². The molecule has 2 rings (SSSR count). The summed E-state index contributed by atoms with van der Waals surface area (Å²) in [6.45, 7) is 3.34. The van der Waals surface area contributed by atoms with Crippen molar-refractivity contribution in [2.24, 2.45) is 0 Å². The van der Waals surface area contributed by atoms with Crippen molar-refractivity contribution in [3.8, 4) is 0 Å². The van der Waals surface area contributed by atoms with Crippen LogP contribution in [0.1, 0.15) is 26.2 Å². The summed E-state index contributed by atoms with van der Waals surface area (Å²) < 4.78 is 13.5. The molecule has 1 aliphatic rings. The van der Waals surface area contributed by atoms with E-state index in [4.69, 9.17) is 5.73 Å². The second kappa shape index (κ2) is 6.02. The Morgan fingerprint density at radius 3 is 3.05 bits per heavy atom. The number of nitrogens with two attached hydrogens (primary N) is 1. The predicted octanol–water partition coefficient (Wildman–Crippen LogP) is 2.22. The molecule has 1 unspecified atom stereocenters. The summed E-state index contributed by atoms with van der Waals surface area (Å²) in [5.74, 6) is -0.660. The molecular weight excluding hydrogens is 245 g/mol. The molecule has 0 radical (unpaired) electrons. The first-order valence-corrected chi connectivity index (χ1v) is 6.65. The van der Waals surface area contributed by atoms with Gasteiger partial charge in [0.1, 0.15) is 5.82 Å². The smallest absolute Gasteiger partial charge is 0.238 e. The lowest BCUT2D eigenvalue weighted by Crippen LogP contribution is -2.42. The van der Waals surface area contributed by atoms with Crippen LogP contribution in [0, 0.1) is 5.82 Å². The predicted molar refractivity (Wildman–Crippen MR) is 74.3 cm³/mol. The van der Waals surface area contributed by atoms with Gasteiger partial charge in [-0.3, -0.25) is 9.69 Å². The fourth-order valence-corrected chi connectivity index (χ4v) is 2.41. The molecule has 19 heavy (non-hydrogen) atoms. The van der Waals surface area contributed by atoms with E-state index in [9.17, 15) is 9.18 Å². The van der Waals surface area contributed by atoms with Crippen molar-refractivity contribution in [2.75, 3.05) is 24.1 Å². The first-order chi connectivity index (χ1) is 9.06. The summed E-state index contributed by atoms with van der Waals surface area (Å²) in [7, 11) is 0. The van der Waals surface area contributed by atoms with Crippen LogP contribution in [-0.2, 0) is 4.79 Å². The minimum absolute atomic E-state index is 0.148. The molecule has 1 atom stereocenters. The Kier molecular flexibility index (Phi) is 4.37. The van der Waals surface area contributed by atoms with E-state index in [0.717, 1.165) is 19.4 Å².